The van der Waals surface area contributed by atoms with E-state index in [0.29, 0.717) is 15.9 Å². The van der Waals surface area contributed by atoms with E-state index in [-0.39, 0.29) is 0 Å². The van der Waals surface area contributed by atoms with Crippen molar-refractivity contribution in [1.29, 1.82) is 0 Å². The van der Waals surface area contributed by atoms with E-state index >= 15 is 0 Å². The SMILES string of the molecule is O=C(Nc1cccc(F)c1)Oc1ccc(Br)cc1Br. The number of nitrogens with one attached hydrogen (secondary N) is 1. The van der Waals surface area contributed by atoms with Crippen molar-refractivity contribution in [3.63, 3.8) is 0 Å². The fourth-order valence-electron chi connectivity index (χ4n) is 1.37. The number of hydrogen-bond donors (Lipinski definition) is 1. The maximum absolute atomic E-state index is 12.9. The normalized spacial score (nSPS) is 10.1. The molecule has 0 heterocycles. The highest BCUT2D eigenvalue weighted by molar-refractivity contribution is 9.11. The summed E-state index contributed by atoms with van der Waals surface area (Å²) in [6.07, 6.45) is -0.686. The van der Waals surface area contributed by atoms with Crippen molar-refractivity contribution in [2.24, 2.45) is 0 Å². The molecular formula is C13H8Br2FNO2. The van der Waals surface area contributed by atoms with Crippen molar-refractivity contribution >= 4 is 43.6 Å². The molecule has 0 aliphatic carbocycles. The summed E-state index contributed by atoms with van der Waals surface area (Å²) in [6.45, 7) is 0. The Kier molecular flexibility index (Phi) is 4.55. The Labute approximate surface area is 126 Å². The first-order chi connectivity index (χ1) is 9.04. The first-order valence-corrected chi connectivity index (χ1v) is 6.82. The maximum atomic E-state index is 12.9. The minimum atomic E-state index is -0.686. The molecule has 2 aromatic rings. The highest BCUT2D eigenvalue weighted by Gasteiger charge is 2.08. The zero-order valence-corrected chi connectivity index (χ0v) is 12.7. The number of carbonyl (C=O) groups excluding carboxylic acids is 1. The van der Waals surface area contributed by atoms with Gasteiger partial charge in [0.15, 0.2) is 0 Å². The van der Waals surface area contributed by atoms with Crippen molar-refractivity contribution in [1.82, 2.24) is 0 Å². The first kappa shape index (κ1) is 14.0. The molecule has 98 valence electrons. The molecule has 0 aliphatic heterocycles. The lowest BCUT2D eigenvalue weighted by molar-refractivity contribution is 0.215. The van der Waals surface area contributed by atoms with Gasteiger partial charge >= 0.3 is 6.09 Å². The van der Waals surface area contributed by atoms with Gasteiger partial charge in [0.2, 0.25) is 0 Å². The minimum absolute atomic E-state index is 0.332. The van der Waals surface area contributed by atoms with Crippen LogP contribution >= 0.6 is 31.9 Å². The van der Waals surface area contributed by atoms with Gasteiger partial charge in [-0.2, -0.15) is 0 Å². The van der Waals surface area contributed by atoms with Crippen molar-refractivity contribution in [2.75, 3.05) is 5.32 Å². The van der Waals surface area contributed by atoms with E-state index in [1.807, 2.05) is 0 Å². The Balaban J connectivity index is 2.05. The van der Waals surface area contributed by atoms with Gasteiger partial charge in [-0.15, -0.1) is 0 Å². The molecule has 3 nitrogen and oxygen atoms in total. The predicted octanol–water partition coefficient (Wildman–Crippen LogP) is 4.96. The third kappa shape index (κ3) is 4.04. The second kappa shape index (κ2) is 6.16. The number of hydrogen-bond acceptors (Lipinski definition) is 2. The number of amides is 1. The Hall–Kier alpha value is -1.40. The van der Waals surface area contributed by atoms with Gasteiger partial charge in [0.05, 0.1) is 4.47 Å². The number of ether oxygens (including phenoxy) is 1. The quantitative estimate of drug-likeness (QED) is 0.789. The monoisotopic (exact) mass is 387 g/mol. The molecule has 0 radical (unpaired) electrons. The van der Waals surface area contributed by atoms with E-state index in [9.17, 15) is 9.18 Å². The summed E-state index contributed by atoms with van der Waals surface area (Å²) in [4.78, 5) is 11.6. The number of rotatable bonds is 2. The summed E-state index contributed by atoms with van der Waals surface area (Å²) in [5, 5.41) is 2.44. The van der Waals surface area contributed by atoms with Crippen molar-refractivity contribution in [3.8, 4) is 5.75 Å². The Bertz CT molecular complexity index is 619. The van der Waals surface area contributed by atoms with Gasteiger partial charge in [0.1, 0.15) is 11.6 Å². The molecule has 6 heteroatoms. The molecule has 0 aliphatic rings. The molecular weight excluding hydrogens is 381 g/mol. The van der Waals surface area contributed by atoms with Gasteiger partial charge in [0.25, 0.3) is 0 Å². The second-order valence-corrected chi connectivity index (χ2v) is 5.37. The fourth-order valence-corrected chi connectivity index (χ4v) is 2.50. The molecule has 0 spiro atoms. The maximum Gasteiger partial charge on any atom is 0.417 e. The number of halogens is 3. The predicted molar refractivity (Wildman–Crippen MR) is 77.9 cm³/mol. The standard InChI is InChI=1S/C13H8Br2FNO2/c14-8-4-5-12(11(15)6-8)19-13(18)17-10-3-1-2-9(16)7-10/h1-7H,(H,17,18). The van der Waals surface area contributed by atoms with Crippen molar-refractivity contribution < 1.29 is 13.9 Å². The largest absolute Gasteiger partial charge is 0.417 e. The smallest absolute Gasteiger partial charge is 0.409 e. The van der Waals surface area contributed by atoms with Gasteiger partial charge in [0, 0.05) is 10.2 Å². The summed E-state index contributed by atoms with van der Waals surface area (Å²) in [5.74, 6) is -0.0558. The Morgan fingerprint density at radius 2 is 1.95 bits per heavy atom. The van der Waals surface area contributed by atoms with Crippen LogP contribution in [-0.2, 0) is 0 Å². The molecule has 0 saturated carbocycles. The first-order valence-electron chi connectivity index (χ1n) is 5.24. The van der Waals surface area contributed by atoms with Gasteiger partial charge in [-0.3, -0.25) is 5.32 Å². The molecule has 1 N–H and O–H groups in total. The van der Waals surface area contributed by atoms with Crippen molar-refractivity contribution in [2.45, 2.75) is 0 Å². The van der Waals surface area contributed by atoms with Gasteiger partial charge in [-0.05, 0) is 52.3 Å². The van der Waals surface area contributed by atoms with Crippen LogP contribution < -0.4 is 10.1 Å². The third-order valence-electron chi connectivity index (χ3n) is 2.17. The molecule has 2 rings (SSSR count). The van der Waals surface area contributed by atoms with Crippen LogP contribution in [-0.4, -0.2) is 6.09 Å². The number of anilines is 1. The molecule has 0 atom stereocenters. The number of carbonyl (C=O) groups is 1. The van der Waals surface area contributed by atoms with E-state index in [2.05, 4.69) is 37.2 Å². The summed E-state index contributed by atoms with van der Waals surface area (Å²) in [5.41, 5.74) is 0.332. The fraction of sp³-hybridized carbons (Fsp3) is 0. The summed E-state index contributed by atoms with van der Waals surface area (Å²) < 4.78 is 19.5. The van der Waals surface area contributed by atoms with Crippen LogP contribution in [0.4, 0.5) is 14.9 Å². The van der Waals surface area contributed by atoms with Crippen LogP contribution in [0.25, 0.3) is 0 Å². The second-order valence-electron chi connectivity index (χ2n) is 3.60. The van der Waals surface area contributed by atoms with Crippen LogP contribution in [0.15, 0.2) is 51.4 Å². The average Bonchev–Trinajstić information content (AvgIpc) is 2.33. The van der Waals surface area contributed by atoms with Crippen molar-refractivity contribution in [3.05, 3.63) is 57.2 Å². The lowest BCUT2D eigenvalue weighted by atomic mass is 10.3. The molecule has 19 heavy (non-hydrogen) atoms. The average molecular weight is 389 g/mol. The minimum Gasteiger partial charge on any atom is -0.409 e. The number of benzene rings is 2. The molecule has 0 bridgehead atoms. The zero-order valence-electron chi connectivity index (χ0n) is 9.49. The Morgan fingerprint density at radius 1 is 1.16 bits per heavy atom. The topological polar surface area (TPSA) is 38.3 Å². The molecule has 0 aromatic heterocycles. The summed E-state index contributed by atoms with van der Waals surface area (Å²) >= 11 is 6.57. The highest BCUT2D eigenvalue weighted by Crippen LogP contribution is 2.28. The van der Waals surface area contributed by atoms with E-state index in [4.69, 9.17) is 4.74 Å². The lowest BCUT2D eigenvalue weighted by Gasteiger charge is -2.08. The Morgan fingerprint density at radius 3 is 2.63 bits per heavy atom. The summed E-state index contributed by atoms with van der Waals surface area (Å²) in [7, 11) is 0. The lowest BCUT2D eigenvalue weighted by Crippen LogP contribution is -2.17. The van der Waals surface area contributed by atoms with Crippen LogP contribution in [0, 0.1) is 5.82 Å². The van der Waals surface area contributed by atoms with Crippen LogP contribution in [0.1, 0.15) is 0 Å². The molecule has 0 saturated heterocycles. The summed E-state index contributed by atoms with van der Waals surface area (Å²) in [6, 6.07) is 10.7. The van der Waals surface area contributed by atoms with Crippen LogP contribution in [0.5, 0.6) is 5.75 Å². The molecule has 0 unspecified atom stereocenters. The molecule has 1 amide bonds. The van der Waals surface area contributed by atoms with Gasteiger partial charge in [-0.25, -0.2) is 9.18 Å². The van der Waals surface area contributed by atoms with E-state index < -0.39 is 11.9 Å². The van der Waals surface area contributed by atoms with Gasteiger partial charge in [-0.1, -0.05) is 22.0 Å². The van der Waals surface area contributed by atoms with E-state index in [0.717, 1.165) is 4.47 Å². The zero-order chi connectivity index (χ0) is 13.8. The highest BCUT2D eigenvalue weighted by atomic mass is 79.9. The third-order valence-corrected chi connectivity index (χ3v) is 3.28. The van der Waals surface area contributed by atoms with Crippen LogP contribution in [0.3, 0.4) is 0 Å². The molecule has 0 fully saturated rings. The van der Waals surface area contributed by atoms with Crippen LogP contribution in [0.2, 0.25) is 0 Å². The van der Waals surface area contributed by atoms with Gasteiger partial charge < -0.3 is 4.74 Å². The van der Waals surface area contributed by atoms with E-state index in [1.54, 1.807) is 24.3 Å². The van der Waals surface area contributed by atoms with E-state index in [1.165, 1.54) is 18.2 Å². The molecule has 2 aromatic carbocycles.